The standard InChI is InChI=1S/C23H24N6O4S/c1-32-18-13-24-23(25-14-18)28-8-6-17(7-9-28)33-22-12-21(26-15-27-22)29-10-5-16-11-19(34(2,30)31)3-4-20(16)29/h3-5,10-15,17H,6-9H2,1-2H3. The summed E-state index contributed by atoms with van der Waals surface area (Å²) in [5, 5.41) is 0.817. The molecule has 0 atom stereocenters. The molecule has 34 heavy (non-hydrogen) atoms. The summed E-state index contributed by atoms with van der Waals surface area (Å²) >= 11 is 0. The van der Waals surface area contributed by atoms with E-state index >= 15 is 0 Å². The number of hydrogen-bond donors (Lipinski definition) is 0. The van der Waals surface area contributed by atoms with E-state index in [9.17, 15) is 8.42 Å². The van der Waals surface area contributed by atoms with Gasteiger partial charge in [-0.05, 0) is 24.3 Å². The second-order valence-electron chi connectivity index (χ2n) is 8.12. The summed E-state index contributed by atoms with van der Waals surface area (Å²) in [5.41, 5.74) is 0.852. The Hall–Kier alpha value is -3.73. The van der Waals surface area contributed by atoms with Gasteiger partial charge < -0.3 is 18.9 Å². The van der Waals surface area contributed by atoms with Crippen LogP contribution in [0.15, 0.2) is 60.1 Å². The molecule has 0 N–H and O–H groups in total. The van der Waals surface area contributed by atoms with Crippen LogP contribution in [0.3, 0.4) is 0 Å². The SMILES string of the molecule is COc1cnc(N2CCC(Oc3cc(-n4ccc5cc(S(C)(=O)=O)ccc54)ncn3)CC2)nc1. The second-order valence-corrected chi connectivity index (χ2v) is 10.1. The highest BCUT2D eigenvalue weighted by atomic mass is 32.2. The fourth-order valence-corrected chi connectivity index (χ4v) is 4.66. The number of benzene rings is 1. The largest absolute Gasteiger partial charge is 0.494 e. The molecule has 0 bridgehead atoms. The van der Waals surface area contributed by atoms with Gasteiger partial charge in [0.2, 0.25) is 11.8 Å². The van der Waals surface area contributed by atoms with Crippen LogP contribution in [0.4, 0.5) is 5.95 Å². The number of hydrogen-bond acceptors (Lipinski definition) is 9. The number of ether oxygens (including phenoxy) is 2. The first-order valence-corrected chi connectivity index (χ1v) is 12.7. The molecule has 4 heterocycles. The van der Waals surface area contributed by atoms with Gasteiger partial charge >= 0.3 is 0 Å². The number of aromatic nitrogens is 5. The van der Waals surface area contributed by atoms with Crippen molar-refractivity contribution in [3.8, 4) is 17.4 Å². The number of piperidine rings is 1. The minimum Gasteiger partial charge on any atom is -0.494 e. The third kappa shape index (κ3) is 4.51. The average molecular weight is 481 g/mol. The van der Waals surface area contributed by atoms with Gasteiger partial charge in [0.1, 0.15) is 18.2 Å². The van der Waals surface area contributed by atoms with Crippen molar-refractivity contribution in [1.29, 1.82) is 0 Å². The number of rotatable bonds is 6. The van der Waals surface area contributed by atoms with E-state index in [4.69, 9.17) is 9.47 Å². The Labute approximate surface area is 197 Å². The van der Waals surface area contributed by atoms with Crippen molar-refractivity contribution >= 4 is 26.7 Å². The van der Waals surface area contributed by atoms with Gasteiger partial charge in [0, 0.05) is 49.8 Å². The summed E-state index contributed by atoms with van der Waals surface area (Å²) in [6.07, 6.45) is 9.52. The van der Waals surface area contributed by atoms with Crippen LogP contribution in [-0.4, -0.2) is 65.5 Å². The Morgan fingerprint density at radius 3 is 2.47 bits per heavy atom. The molecule has 1 saturated heterocycles. The lowest BCUT2D eigenvalue weighted by molar-refractivity contribution is 0.163. The van der Waals surface area contributed by atoms with Crippen LogP contribution in [0.5, 0.6) is 11.6 Å². The third-order valence-electron chi connectivity index (χ3n) is 5.83. The molecule has 0 saturated carbocycles. The molecule has 1 fully saturated rings. The average Bonchev–Trinajstić information content (AvgIpc) is 3.28. The predicted molar refractivity (Wildman–Crippen MR) is 126 cm³/mol. The summed E-state index contributed by atoms with van der Waals surface area (Å²) in [4.78, 5) is 19.8. The van der Waals surface area contributed by atoms with Crippen molar-refractivity contribution in [2.45, 2.75) is 23.8 Å². The molecule has 176 valence electrons. The fraction of sp³-hybridized carbons (Fsp3) is 0.304. The maximum atomic E-state index is 11.9. The molecular formula is C23H24N6O4S. The predicted octanol–water partition coefficient (Wildman–Crippen LogP) is 2.67. The van der Waals surface area contributed by atoms with Crippen molar-refractivity contribution in [1.82, 2.24) is 24.5 Å². The Balaban J connectivity index is 1.28. The topological polar surface area (TPSA) is 112 Å². The van der Waals surface area contributed by atoms with Gasteiger partial charge in [0.15, 0.2) is 15.6 Å². The van der Waals surface area contributed by atoms with Gasteiger partial charge in [-0.25, -0.2) is 28.4 Å². The summed E-state index contributed by atoms with van der Waals surface area (Å²) in [5.74, 6) is 2.46. The maximum Gasteiger partial charge on any atom is 0.225 e. The van der Waals surface area contributed by atoms with Crippen molar-refractivity contribution in [3.05, 3.63) is 55.2 Å². The molecule has 0 radical (unpaired) electrons. The highest BCUT2D eigenvalue weighted by Crippen LogP contribution is 2.25. The van der Waals surface area contributed by atoms with Crippen LogP contribution in [0, 0.1) is 0 Å². The molecule has 11 heteroatoms. The Kier molecular flexibility index (Phi) is 5.78. The monoisotopic (exact) mass is 480 g/mol. The molecule has 1 aliphatic rings. The van der Waals surface area contributed by atoms with E-state index in [0.717, 1.165) is 36.8 Å². The van der Waals surface area contributed by atoms with E-state index < -0.39 is 9.84 Å². The fourth-order valence-electron chi connectivity index (χ4n) is 4.00. The molecule has 10 nitrogen and oxygen atoms in total. The van der Waals surface area contributed by atoms with E-state index in [1.165, 1.54) is 12.6 Å². The van der Waals surface area contributed by atoms with Crippen molar-refractivity contribution < 1.29 is 17.9 Å². The first kappa shape index (κ1) is 22.1. The molecule has 0 amide bonds. The number of anilines is 1. The summed E-state index contributed by atoms with van der Waals surface area (Å²) in [6, 6.07) is 8.71. The summed E-state index contributed by atoms with van der Waals surface area (Å²) in [6.45, 7) is 1.56. The number of nitrogens with zero attached hydrogens (tertiary/aromatic N) is 6. The normalized spacial score (nSPS) is 14.9. The maximum absolute atomic E-state index is 11.9. The lowest BCUT2D eigenvalue weighted by atomic mass is 10.1. The Morgan fingerprint density at radius 2 is 1.76 bits per heavy atom. The molecule has 5 rings (SSSR count). The van der Waals surface area contributed by atoms with E-state index in [2.05, 4.69) is 24.8 Å². The molecule has 1 aliphatic heterocycles. The van der Waals surface area contributed by atoms with Crippen LogP contribution >= 0.6 is 0 Å². The molecule has 0 unspecified atom stereocenters. The lowest BCUT2D eigenvalue weighted by Crippen LogP contribution is -2.39. The quantitative estimate of drug-likeness (QED) is 0.411. The molecule has 3 aromatic heterocycles. The highest BCUT2D eigenvalue weighted by molar-refractivity contribution is 7.90. The summed E-state index contributed by atoms with van der Waals surface area (Å²) in [7, 11) is -1.68. The van der Waals surface area contributed by atoms with E-state index in [0.29, 0.717) is 23.4 Å². The second kappa shape index (κ2) is 8.90. The first-order chi connectivity index (χ1) is 16.4. The smallest absolute Gasteiger partial charge is 0.225 e. The van der Waals surface area contributed by atoms with Crippen LogP contribution < -0.4 is 14.4 Å². The van der Waals surface area contributed by atoms with Crippen LogP contribution in [0.25, 0.3) is 16.7 Å². The highest BCUT2D eigenvalue weighted by Gasteiger charge is 2.23. The Morgan fingerprint density at radius 1 is 1.00 bits per heavy atom. The molecular weight excluding hydrogens is 456 g/mol. The van der Waals surface area contributed by atoms with Gasteiger partial charge in [0.25, 0.3) is 0 Å². The minimum absolute atomic E-state index is 0.0240. The molecule has 0 aliphatic carbocycles. The molecule has 1 aromatic carbocycles. The Bertz CT molecular complexity index is 1410. The van der Waals surface area contributed by atoms with Crippen molar-refractivity contribution in [3.63, 3.8) is 0 Å². The minimum atomic E-state index is -3.27. The van der Waals surface area contributed by atoms with Crippen molar-refractivity contribution in [2.75, 3.05) is 31.4 Å². The zero-order valence-electron chi connectivity index (χ0n) is 18.8. The third-order valence-corrected chi connectivity index (χ3v) is 6.94. The summed E-state index contributed by atoms with van der Waals surface area (Å²) < 4.78 is 36.9. The van der Waals surface area contributed by atoms with Gasteiger partial charge in [-0.2, -0.15) is 0 Å². The van der Waals surface area contributed by atoms with Gasteiger partial charge in [-0.15, -0.1) is 0 Å². The zero-order chi connectivity index (χ0) is 23.7. The number of sulfone groups is 1. The van der Waals surface area contributed by atoms with Crippen LogP contribution in [0.1, 0.15) is 12.8 Å². The van der Waals surface area contributed by atoms with Crippen molar-refractivity contribution in [2.24, 2.45) is 0 Å². The van der Waals surface area contributed by atoms with Crippen LogP contribution in [-0.2, 0) is 9.84 Å². The molecule has 4 aromatic rings. The number of fused-ring (bicyclic) bond motifs is 1. The van der Waals surface area contributed by atoms with E-state index in [1.807, 2.05) is 16.8 Å². The van der Waals surface area contributed by atoms with E-state index in [1.54, 1.807) is 43.8 Å². The lowest BCUT2D eigenvalue weighted by Gasteiger charge is -2.31. The van der Waals surface area contributed by atoms with Gasteiger partial charge in [0.05, 0.1) is 29.9 Å². The zero-order valence-corrected chi connectivity index (χ0v) is 19.6. The van der Waals surface area contributed by atoms with Crippen LogP contribution in [0.2, 0.25) is 0 Å². The molecule has 0 spiro atoms. The number of methoxy groups -OCH3 is 1. The van der Waals surface area contributed by atoms with E-state index in [-0.39, 0.29) is 11.0 Å². The first-order valence-electron chi connectivity index (χ1n) is 10.8. The van der Waals surface area contributed by atoms with Gasteiger partial charge in [-0.1, -0.05) is 0 Å². The van der Waals surface area contributed by atoms with Gasteiger partial charge in [-0.3, -0.25) is 0 Å².